The van der Waals surface area contributed by atoms with Gasteiger partial charge in [-0.05, 0) is 70.0 Å². The summed E-state index contributed by atoms with van der Waals surface area (Å²) in [6, 6.07) is 24.8. The minimum absolute atomic E-state index is 0.0623. The van der Waals surface area contributed by atoms with Gasteiger partial charge < -0.3 is 9.84 Å². The topological polar surface area (TPSA) is 46.5 Å². The molecule has 0 radical (unpaired) electrons. The van der Waals surface area contributed by atoms with Crippen molar-refractivity contribution in [2.45, 2.75) is 76.7 Å². The van der Waals surface area contributed by atoms with Crippen LogP contribution in [0.2, 0.25) is 0 Å². The highest BCUT2D eigenvalue weighted by Gasteiger charge is 2.36. The summed E-state index contributed by atoms with van der Waals surface area (Å²) in [4.78, 5) is 11.5. The molecule has 1 atom stereocenters. The van der Waals surface area contributed by atoms with Crippen molar-refractivity contribution in [2.24, 2.45) is 0 Å². The average Bonchev–Trinajstić information content (AvgIpc) is 2.86. The van der Waals surface area contributed by atoms with Gasteiger partial charge in [0.05, 0.1) is 6.42 Å². The molecular weight excluding hydrogens is 444 g/mol. The van der Waals surface area contributed by atoms with Gasteiger partial charge in [-0.1, -0.05) is 101 Å². The van der Waals surface area contributed by atoms with Crippen molar-refractivity contribution in [3.8, 4) is 5.75 Å². The number of fused-ring (bicyclic) bond motifs is 1. The molecule has 0 spiro atoms. The third-order valence-electron chi connectivity index (χ3n) is 7.59. The van der Waals surface area contributed by atoms with Gasteiger partial charge >= 0.3 is 5.97 Å². The molecule has 1 aliphatic carbocycles. The molecule has 36 heavy (non-hydrogen) atoms. The summed E-state index contributed by atoms with van der Waals surface area (Å²) >= 11 is 0. The van der Waals surface area contributed by atoms with Crippen LogP contribution in [-0.2, 0) is 28.7 Å². The molecule has 3 aromatic carbocycles. The molecule has 0 bridgehead atoms. The van der Waals surface area contributed by atoms with E-state index in [1.165, 1.54) is 35.1 Å². The second-order valence-corrected chi connectivity index (χ2v) is 11.3. The predicted molar refractivity (Wildman–Crippen MR) is 147 cm³/mol. The smallest absolute Gasteiger partial charge is 0.304 e. The predicted octanol–water partition coefficient (Wildman–Crippen LogP) is 7.97. The highest BCUT2D eigenvalue weighted by Crippen LogP contribution is 2.46. The van der Waals surface area contributed by atoms with Crippen LogP contribution in [0.4, 0.5) is 0 Å². The number of carboxylic acid groups (broad SMARTS) is 1. The number of carbonyl (C=O) groups is 1. The number of allylic oxidation sites excluding steroid dienone is 2. The molecule has 3 aromatic rings. The Kier molecular flexibility index (Phi) is 7.68. The molecule has 0 amide bonds. The van der Waals surface area contributed by atoms with Crippen molar-refractivity contribution in [1.29, 1.82) is 0 Å². The summed E-state index contributed by atoms with van der Waals surface area (Å²) in [7, 11) is 0. The van der Waals surface area contributed by atoms with Crippen LogP contribution in [0.25, 0.3) is 0 Å². The first kappa shape index (κ1) is 25.8. The van der Waals surface area contributed by atoms with Gasteiger partial charge in [0.15, 0.2) is 0 Å². The lowest BCUT2D eigenvalue weighted by molar-refractivity contribution is -0.137. The zero-order chi connectivity index (χ0) is 25.8. The van der Waals surface area contributed by atoms with Crippen LogP contribution in [0, 0.1) is 0 Å². The first-order chi connectivity index (χ1) is 17.1. The van der Waals surface area contributed by atoms with Gasteiger partial charge in [-0.15, -0.1) is 0 Å². The number of hydrogen-bond acceptors (Lipinski definition) is 2. The Morgan fingerprint density at radius 3 is 2.22 bits per heavy atom. The Balaban J connectivity index is 1.43. The maximum atomic E-state index is 11.5. The molecule has 0 saturated carbocycles. The minimum atomic E-state index is -0.803. The van der Waals surface area contributed by atoms with Crippen LogP contribution < -0.4 is 4.74 Å². The summed E-state index contributed by atoms with van der Waals surface area (Å²) in [5.41, 5.74) is 6.65. The number of hydrogen-bond donors (Lipinski definition) is 1. The highest BCUT2D eigenvalue weighted by molar-refractivity contribution is 5.68. The monoisotopic (exact) mass is 482 g/mol. The van der Waals surface area contributed by atoms with Gasteiger partial charge in [0.1, 0.15) is 12.4 Å². The van der Waals surface area contributed by atoms with Gasteiger partial charge in [-0.3, -0.25) is 4.79 Å². The zero-order valence-electron chi connectivity index (χ0n) is 22.0. The molecule has 3 nitrogen and oxygen atoms in total. The second kappa shape index (κ2) is 10.7. The van der Waals surface area contributed by atoms with E-state index in [0.717, 1.165) is 17.7 Å². The number of carboxylic acids is 1. The van der Waals surface area contributed by atoms with E-state index in [-0.39, 0.29) is 23.2 Å². The van der Waals surface area contributed by atoms with Crippen LogP contribution in [0.3, 0.4) is 0 Å². The summed E-state index contributed by atoms with van der Waals surface area (Å²) in [6.07, 6.45) is 7.31. The Hall–Kier alpha value is -3.33. The van der Waals surface area contributed by atoms with Crippen molar-refractivity contribution >= 4 is 5.97 Å². The van der Waals surface area contributed by atoms with E-state index in [1.54, 1.807) is 0 Å². The lowest BCUT2D eigenvalue weighted by Crippen LogP contribution is -2.33. The zero-order valence-corrected chi connectivity index (χ0v) is 22.0. The van der Waals surface area contributed by atoms with Gasteiger partial charge in [-0.25, -0.2) is 0 Å². The molecule has 0 saturated heterocycles. The molecule has 4 rings (SSSR count). The maximum Gasteiger partial charge on any atom is 0.304 e. The van der Waals surface area contributed by atoms with E-state index in [2.05, 4.69) is 64.1 Å². The van der Waals surface area contributed by atoms with Gasteiger partial charge in [-0.2, -0.15) is 0 Å². The van der Waals surface area contributed by atoms with E-state index in [4.69, 9.17) is 4.74 Å². The highest BCUT2D eigenvalue weighted by atomic mass is 16.5. The SMILES string of the molecule is CC1(C)CCC(C)(C)c2cc(COc3ccc([C@H](C=CCc4ccccc4)CC(=O)O)cc3)ccc21. The minimum Gasteiger partial charge on any atom is -0.489 e. The van der Waals surface area contributed by atoms with E-state index in [1.807, 2.05) is 48.5 Å². The van der Waals surface area contributed by atoms with Gasteiger partial charge in [0.25, 0.3) is 0 Å². The Bertz CT molecular complexity index is 1200. The quantitative estimate of drug-likeness (QED) is 0.315. The Labute approximate surface area is 215 Å². The summed E-state index contributed by atoms with van der Waals surface area (Å²) < 4.78 is 6.12. The van der Waals surface area contributed by atoms with Crippen LogP contribution in [0.5, 0.6) is 5.75 Å². The molecule has 0 aromatic heterocycles. The van der Waals surface area contributed by atoms with Crippen molar-refractivity contribution in [3.05, 3.63) is 113 Å². The summed E-state index contributed by atoms with van der Waals surface area (Å²) in [5.74, 6) is -0.187. The van der Waals surface area contributed by atoms with Crippen molar-refractivity contribution in [1.82, 2.24) is 0 Å². The second-order valence-electron chi connectivity index (χ2n) is 11.3. The number of ether oxygens (including phenoxy) is 1. The average molecular weight is 483 g/mol. The van der Waals surface area contributed by atoms with Crippen LogP contribution in [-0.4, -0.2) is 11.1 Å². The lowest BCUT2D eigenvalue weighted by atomic mass is 9.63. The third-order valence-corrected chi connectivity index (χ3v) is 7.59. The first-order valence-corrected chi connectivity index (χ1v) is 12.9. The Morgan fingerprint density at radius 1 is 0.889 bits per heavy atom. The number of benzene rings is 3. The first-order valence-electron chi connectivity index (χ1n) is 12.9. The Morgan fingerprint density at radius 2 is 1.56 bits per heavy atom. The maximum absolute atomic E-state index is 11.5. The summed E-state index contributed by atoms with van der Waals surface area (Å²) in [5, 5.41) is 9.42. The number of aliphatic carboxylic acids is 1. The van der Waals surface area contributed by atoms with E-state index in [9.17, 15) is 9.90 Å². The molecule has 0 heterocycles. The van der Waals surface area contributed by atoms with E-state index < -0.39 is 5.97 Å². The largest absolute Gasteiger partial charge is 0.489 e. The third kappa shape index (κ3) is 6.26. The van der Waals surface area contributed by atoms with Crippen molar-refractivity contribution in [3.63, 3.8) is 0 Å². The molecule has 3 heteroatoms. The van der Waals surface area contributed by atoms with Gasteiger partial charge in [0.2, 0.25) is 0 Å². The molecule has 1 aliphatic rings. The van der Waals surface area contributed by atoms with Gasteiger partial charge in [0, 0.05) is 5.92 Å². The fraction of sp³-hybridized carbons (Fsp3) is 0.364. The van der Waals surface area contributed by atoms with Crippen molar-refractivity contribution < 1.29 is 14.6 Å². The van der Waals surface area contributed by atoms with E-state index in [0.29, 0.717) is 6.61 Å². The standard InChI is InChI=1S/C33H38O3/c1-32(2)19-20-33(3,4)30-21-25(13-18-29(30)32)23-36-28-16-14-26(15-17-28)27(22-31(34)35)12-8-11-24-9-6-5-7-10-24/h5-10,12-18,21,27H,11,19-20,22-23H2,1-4H3,(H,34,35)/t27-/m1/s1. The van der Waals surface area contributed by atoms with Crippen molar-refractivity contribution in [2.75, 3.05) is 0 Å². The fourth-order valence-corrected chi connectivity index (χ4v) is 5.17. The van der Waals surface area contributed by atoms with E-state index >= 15 is 0 Å². The molecule has 1 N–H and O–H groups in total. The fourth-order valence-electron chi connectivity index (χ4n) is 5.17. The normalized spacial score (nSPS) is 16.9. The van der Waals surface area contributed by atoms with Crippen LogP contribution >= 0.6 is 0 Å². The molecule has 0 unspecified atom stereocenters. The van der Waals surface area contributed by atoms with Crippen LogP contribution in [0.1, 0.15) is 80.7 Å². The number of rotatable bonds is 9. The molecular formula is C33H38O3. The summed E-state index contributed by atoms with van der Waals surface area (Å²) in [6.45, 7) is 9.87. The molecule has 0 fully saturated rings. The lowest BCUT2D eigenvalue weighted by Gasteiger charge is -2.42. The van der Waals surface area contributed by atoms with Crippen LogP contribution in [0.15, 0.2) is 84.9 Å². The molecule has 188 valence electrons. The molecule has 0 aliphatic heterocycles.